The molecule has 3 N–H and O–H groups in total. The van der Waals surface area contributed by atoms with E-state index in [4.69, 9.17) is 5.11 Å². The van der Waals surface area contributed by atoms with Gasteiger partial charge in [-0.2, -0.15) is 0 Å². The Labute approximate surface area is 85.4 Å². The third kappa shape index (κ3) is 1.66. The summed E-state index contributed by atoms with van der Waals surface area (Å²) in [5.41, 5.74) is 0.284. The van der Waals surface area contributed by atoms with E-state index in [2.05, 4.69) is 4.98 Å². The molecule has 0 saturated heterocycles. The van der Waals surface area contributed by atoms with E-state index < -0.39 is 17.6 Å². The number of carboxylic acid groups (broad SMARTS) is 1. The van der Waals surface area contributed by atoms with E-state index in [0.29, 0.717) is 24.1 Å². The fraction of sp³-hybridized carbons (Fsp3) is 0.400. The first kappa shape index (κ1) is 9.92. The molecule has 2 rings (SSSR count). The molecule has 5 nitrogen and oxygen atoms in total. The maximum absolute atomic E-state index is 11.3. The molecule has 1 aromatic rings. The number of hydrogen-bond acceptors (Lipinski definition) is 3. The zero-order chi connectivity index (χ0) is 11.0. The van der Waals surface area contributed by atoms with Gasteiger partial charge in [0.2, 0.25) is 0 Å². The minimum absolute atomic E-state index is 0.310. The number of rotatable bonds is 1. The average molecular weight is 209 g/mol. The van der Waals surface area contributed by atoms with Crippen LogP contribution in [0.15, 0.2) is 10.9 Å². The second kappa shape index (κ2) is 3.51. The summed E-state index contributed by atoms with van der Waals surface area (Å²) in [7, 11) is 0. The van der Waals surface area contributed by atoms with Crippen LogP contribution in [-0.4, -0.2) is 21.2 Å². The van der Waals surface area contributed by atoms with Crippen LogP contribution >= 0.6 is 0 Å². The van der Waals surface area contributed by atoms with E-state index in [1.807, 2.05) is 0 Å². The Morgan fingerprint density at radius 1 is 1.53 bits per heavy atom. The van der Waals surface area contributed by atoms with E-state index in [0.717, 1.165) is 6.42 Å². The highest BCUT2D eigenvalue weighted by Crippen LogP contribution is 2.27. The third-order valence-electron chi connectivity index (χ3n) is 2.65. The van der Waals surface area contributed by atoms with Crippen molar-refractivity contribution in [1.82, 2.24) is 4.98 Å². The third-order valence-corrected chi connectivity index (χ3v) is 2.65. The minimum Gasteiger partial charge on any atom is -0.477 e. The number of aromatic nitrogens is 1. The predicted molar refractivity (Wildman–Crippen MR) is 51.9 cm³/mol. The second-order valence-corrected chi connectivity index (χ2v) is 3.66. The molecule has 1 atom stereocenters. The van der Waals surface area contributed by atoms with Crippen molar-refractivity contribution < 1.29 is 15.0 Å². The van der Waals surface area contributed by atoms with Crippen molar-refractivity contribution in [1.29, 1.82) is 0 Å². The number of aliphatic hydroxyl groups excluding tert-OH is 1. The van der Waals surface area contributed by atoms with Gasteiger partial charge in [-0.15, -0.1) is 0 Å². The lowest BCUT2D eigenvalue weighted by molar-refractivity contribution is 0.0694. The summed E-state index contributed by atoms with van der Waals surface area (Å²) < 4.78 is 0. The molecule has 0 radical (unpaired) electrons. The standard InChI is InChI=1S/C10H11NO4/c12-8-3-1-2-7-5(8)4-6(10(14)15)9(13)11-7/h4,8,12H,1-3H2,(H,11,13)(H,14,15)/t8-/m0/s1. The topological polar surface area (TPSA) is 90.4 Å². The molecule has 1 heterocycles. The summed E-state index contributed by atoms with van der Waals surface area (Å²) in [4.78, 5) is 24.5. The van der Waals surface area contributed by atoms with Gasteiger partial charge in [0.15, 0.2) is 0 Å². The van der Waals surface area contributed by atoms with E-state index >= 15 is 0 Å². The molecular formula is C10H11NO4. The number of aromatic amines is 1. The summed E-state index contributed by atoms with van der Waals surface area (Å²) in [5, 5.41) is 18.4. The minimum atomic E-state index is -1.27. The SMILES string of the molecule is O=C(O)c1cc2c([nH]c1=O)CCC[C@@H]2O. The Balaban J connectivity index is 2.60. The molecule has 0 aromatic carbocycles. The summed E-state index contributed by atoms with van der Waals surface area (Å²) >= 11 is 0. The number of pyridine rings is 1. The highest BCUT2D eigenvalue weighted by molar-refractivity contribution is 5.87. The number of hydrogen-bond donors (Lipinski definition) is 3. The van der Waals surface area contributed by atoms with Gasteiger partial charge in [0.1, 0.15) is 5.56 Å². The number of carboxylic acids is 1. The second-order valence-electron chi connectivity index (χ2n) is 3.66. The zero-order valence-corrected chi connectivity index (χ0v) is 7.99. The van der Waals surface area contributed by atoms with Gasteiger partial charge in [-0.05, 0) is 25.3 Å². The Morgan fingerprint density at radius 3 is 2.93 bits per heavy atom. The van der Waals surface area contributed by atoms with Crippen LogP contribution in [0.4, 0.5) is 0 Å². The summed E-state index contributed by atoms with van der Waals surface area (Å²) in [6, 6.07) is 1.28. The molecule has 0 unspecified atom stereocenters. The molecule has 0 spiro atoms. The number of aromatic carboxylic acids is 1. The summed E-state index contributed by atoms with van der Waals surface area (Å²) in [6.45, 7) is 0. The van der Waals surface area contributed by atoms with Crippen LogP contribution in [0, 0.1) is 0 Å². The Bertz CT molecular complexity index is 463. The molecule has 1 aliphatic rings. The average Bonchev–Trinajstić information content (AvgIpc) is 2.16. The molecule has 0 amide bonds. The van der Waals surface area contributed by atoms with Gasteiger partial charge >= 0.3 is 5.97 Å². The van der Waals surface area contributed by atoms with Gasteiger partial charge in [-0.3, -0.25) is 4.79 Å². The smallest absolute Gasteiger partial charge is 0.341 e. The van der Waals surface area contributed by atoms with Gasteiger partial charge in [-0.25, -0.2) is 4.79 Å². The van der Waals surface area contributed by atoms with Crippen LogP contribution < -0.4 is 5.56 Å². The number of aryl methyl sites for hydroxylation is 1. The molecule has 1 aliphatic carbocycles. The van der Waals surface area contributed by atoms with Crippen LogP contribution in [-0.2, 0) is 6.42 Å². The Morgan fingerprint density at radius 2 is 2.27 bits per heavy atom. The Kier molecular flexibility index (Phi) is 2.32. The van der Waals surface area contributed by atoms with E-state index in [1.54, 1.807) is 0 Å². The lowest BCUT2D eigenvalue weighted by atomic mass is 9.92. The van der Waals surface area contributed by atoms with Crippen molar-refractivity contribution in [2.75, 3.05) is 0 Å². The first-order chi connectivity index (χ1) is 7.09. The fourth-order valence-corrected chi connectivity index (χ4v) is 1.88. The molecule has 15 heavy (non-hydrogen) atoms. The van der Waals surface area contributed by atoms with Crippen molar-refractivity contribution >= 4 is 5.97 Å². The predicted octanol–water partition coefficient (Wildman–Crippen LogP) is 0.443. The van der Waals surface area contributed by atoms with Crippen molar-refractivity contribution in [3.63, 3.8) is 0 Å². The highest BCUT2D eigenvalue weighted by Gasteiger charge is 2.21. The van der Waals surface area contributed by atoms with Crippen molar-refractivity contribution in [2.24, 2.45) is 0 Å². The van der Waals surface area contributed by atoms with Gasteiger partial charge < -0.3 is 15.2 Å². The molecular weight excluding hydrogens is 198 g/mol. The van der Waals surface area contributed by atoms with Crippen LogP contribution in [0.1, 0.15) is 40.6 Å². The van der Waals surface area contributed by atoms with Crippen LogP contribution in [0.5, 0.6) is 0 Å². The maximum atomic E-state index is 11.3. The lowest BCUT2D eigenvalue weighted by Gasteiger charge is -2.20. The Hall–Kier alpha value is -1.62. The van der Waals surface area contributed by atoms with Crippen molar-refractivity contribution in [3.8, 4) is 0 Å². The molecule has 1 aromatic heterocycles. The summed E-state index contributed by atoms with van der Waals surface area (Å²) in [5.74, 6) is -1.27. The van der Waals surface area contributed by atoms with Crippen LogP contribution in [0.2, 0.25) is 0 Å². The number of H-pyrrole nitrogens is 1. The number of fused-ring (bicyclic) bond motifs is 1. The maximum Gasteiger partial charge on any atom is 0.341 e. The largest absolute Gasteiger partial charge is 0.477 e. The van der Waals surface area contributed by atoms with Crippen molar-refractivity contribution in [2.45, 2.75) is 25.4 Å². The molecule has 5 heteroatoms. The van der Waals surface area contributed by atoms with E-state index in [-0.39, 0.29) is 5.56 Å². The fourth-order valence-electron chi connectivity index (χ4n) is 1.88. The first-order valence-electron chi connectivity index (χ1n) is 4.77. The normalized spacial score (nSPS) is 19.7. The van der Waals surface area contributed by atoms with Gasteiger partial charge in [0, 0.05) is 11.3 Å². The van der Waals surface area contributed by atoms with E-state index in [1.165, 1.54) is 6.07 Å². The summed E-state index contributed by atoms with van der Waals surface area (Å²) in [6.07, 6.45) is 1.43. The molecule has 0 fully saturated rings. The highest BCUT2D eigenvalue weighted by atomic mass is 16.4. The first-order valence-corrected chi connectivity index (χ1v) is 4.77. The monoisotopic (exact) mass is 209 g/mol. The lowest BCUT2D eigenvalue weighted by Crippen LogP contribution is -2.23. The quantitative estimate of drug-likeness (QED) is 0.626. The van der Waals surface area contributed by atoms with Gasteiger partial charge in [0.05, 0.1) is 6.10 Å². The molecule has 0 saturated carbocycles. The zero-order valence-electron chi connectivity index (χ0n) is 7.99. The number of carbonyl (C=O) groups is 1. The molecule has 0 aliphatic heterocycles. The number of aliphatic hydroxyl groups is 1. The van der Waals surface area contributed by atoms with Crippen LogP contribution in [0.25, 0.3) is 0 Å². The number of nitrogens with one attached hydrogen (secondary N) is 1. The van der Waals surface area contributed by atoms with Crippen molar-refractivity contribution in [3.05, 3.63) is 33.2 Å². The van der Waals surface area contributed by atoms with E-state index in [9.17, 15) is 14.7 Å². The molecule has 80 valence electrons. The van der Waals surface area contributed by atoms with Gasteiger partial charge in [-0.1, -0.05) is 0 Å². The molecule has 0 bridgehead atoms. The van der Waals surface area contributed by atoms with Crippen LogP contribution in [0.3, 0.4) is 0 Å². The van der Waals surface area contributed by atoms with Gasteiger partial charge in [0.25, 0.3) is 5.56 Å².